The number of carbonyl (C=O) groups is 2. The lowest BCUT2D eigenvalue weighted by atomic mass is 10.0. The first kappa shape index (κ1) is 21.1. The Hall–Kier alpha value is -3.13. The standard InChI is InChI=1S/C23H26N4O3S/c1-14(2)24-23(30)27-19(15-6-3-4-7-15)13-18(26-27)17-10-9-16(12-20(17)28)25-22(29)21-8-5-11-31-21/h5,8-15,28H,3-4,6-7H2,1-2H3,(H,24,30)(H,25,29). The van der Waals surface area contributed by atoms with Gasteiger partial charge in [0, 0.05) is 29.3 Å². The lowest BCUT2D eigenvalue weighted by Gasteiger charge is -2.13. The summed E-state index contributed by atoms with van der Waals surface area (Å²) in [5.74, 6) is 0.0573. The SMILES string of the molecule is CC(C)NC(=O)n1nc(-c2ccc(NC(=O)c3cccs3)cc2O)cc1C1CCCC1. The van der Waals surface area contributed by atoms with Gasteiger partial charge in [-0.05, 0) is 56.3 Å². The first-order chi connectivity index (χ1) is 14.9. The molecule has 0 radical (unpaired) electrons. The van der Waals surface area contributed by atoms with Gasteiger partial charge in [0.05, 0.1) is 16.3 Å². The van der Waals surface area contributed by atoms with Gasteiger partial charge in [0.2, 0.25) is 0 Å². The Morgan fingerprint density at radius 3 is 2.61 bits per heavy atom. The summed E-state index contributed by atoms with van der Waals surface area (Å²) in [6.07, 6.45) is 4.33. The number of hydrogen-bond donors (Lipinski definition) is 3. The number of thiophene rings is 1. The van der Waals surface area contributed by atoms with Crippen LogP contribution in [0.3, 0.4) is 0 Å². The van der Waals surface area contributed by atoms with E-state index in [1.807, 2.05) is 31.4 Å². The fraction of sp³-hybridized carbons (Fsp3) is 0.348. The molecule has 2 heterocycles. The van der Waals surface area contributed by atoms with Gasteiger partial charge in [-0.25, -0.2) is 4.79 Å². The van der Waals surface area contributed by atoms with Crippen LogP contribution < -0.4 is 10.6 Å². The topological polar surface area (TPSA) is 96.3 Å². The maximum Gasteiger partial charge on any atom is 0.342 e. The molecule has 8 heteroatoms. The first-order valence-corrected chi connectivity index (χ1v) is 11.4. The number of nitrogens with zero attached hydrogens (tertiary/aromatic N) is 2. The summed E-state index contributed by atoms with van der Waals surface area (Å²) in [5.41, 5.74) is 2.42. The van der Waals surface area contributed by atoms with E-state index in [2.05, 4.69) is 15.7 Å². The van der Waals surface area contributed by atoms with Gasteiger partial charge in [-0.1, -0.05) is 18.9 Å². The number of amides is 2. The number of aromatic nitrogens is 2. The highest BCUT2D eigenvalue weighted by atomic mass is 32.1. The molecule has 31 heavy (non-hydrogen) atoms. The zero-order valence-corrected chi connectivity index (χ0v) is 18.4. The van der Waals surface area contributed by atoms with Gasteiger partial charge in [-0.3, -0.25) is 4.79 Å². The average Bonchev–Trinajstić information content (AvgIpc) is 3.47. The smallest absolute Gasteiger partial charge is 0.342 e. The number of phenols is 1. The highest BCUT2D eigenvalue weighted by molar-refractivity contribution is 7.12. The number of phenolic OH excluding ortho intramolecular Hbond substituents is 1. The third-order valence-corrected chi connectivity index (χ3v) is 6.26. The van der Waals surface area contributed by atoms with Gasteiger partial charge in [0.25, 0.3) is 5.91 Å². The van der Waals surface area contributed by atoms with Crippen LogP contribution >= 0.6 is 11.3 Å². The van der Waals surface area contributed by atoms with Crippen molar-refractivity contribution in [3.8, 4) is 17.0 Å². The minimum atomic E-state index is -0.262. The Bertz CT molecular complexity index is 1080. The molecular weight excluding hydrogens is 412 g/mol. The Morgan fingerprint density at radius 1 is 1.19 bits per heavy atom. The fourth-order valence-corrected chi connectivity index (χ4v) is 4.56. The van der Waals surface area contributed by atoms with E-state index in [9.17, 15) is 14.7 Å². The number of hydrogen-bond acceptors (Lipinski definition) is 5. The van der Waals surface area contributed by atoms with E-state index in [0.717, 1.165) is 31.4 Å². The molecule has 7 nitrogen and oxygen atoms in total. The van der Waals surface area contributed by atoms with Crippen molar-refractivity contribution in [3.05, 3.63) is 52.3 Å². The second kappa shape index (κ2) is 8.93. The van der Waals surface area contributed by atoms with Crippen molar-refractivity contribution in [1.82, 2.24) is 15.1 Å². The maximum absolute atomic E-state index is 12.7. The molecule has 0 unspecified atom stereocenters. The van der Waals surface area contributed by atoms with Crippen LogP contribution in [0.1, 0.15) is 60.8 Å². The minimum Gasteiger partial charge on any atom is -0.507 e. The summed E-state index contributed by atoms with van der Waals surface area (Å²) in [7, 11) is 0. The summed E-state index contributed by atoms with van der Waals surface area (Å²) in [6.45, 7) is 3.82. The van der Waals surface area contributed by atoms with Gasteiger partial charge >= 0.3 is 6.03 Å². The van der Waals surface area contributed by atoms with Crippen molar-refractivity contribution in [2.45, 2.75) is 51.5 Å². The van der Waals surface area contributed by atoms with E-state index in [4.69, 9.17) is 0 Å². The molecule has 3 N–H and O–H groups in total. The third-order valence-electron chi connectivity index (χ3n) is 5.39. The molecule has 0 aliphatic heterocycles. The largest absolute Gasteiger partial charge is 0.507 e. The molecule has 0 saturated heterocycles. The lowest BCUT2D eigenvalue weighted by molar-refractivity contribution is 0.103. The van der Waals surface area contributed by atoms with Crippen LogP contribution in [0.2, 0.25) is 0 Å². The summed E-state index contributed by atoms with van der Waals surface area (Å²) < 4.78 is 1.44. The molecule has 0 atom stereocenters. The molecule has 2 amide bonds. The quantitative estimate of drug-likeness (QED) is 0.510. The molecule has 0 bridgehead atoms. The van der Waals surface area contributed by atoms with Crippen molar-refractivity contribution in [2.75, 3.05) is 5.32 Å². The molecule has 2 aromatic heterocycles. The second-order valence-electron chi connectivity index (χ2n) is 8.12. The molecule has 4 rings (SSSR count). The Morgan fingerprint density at radius 2 is 1.97 bits per heavy atom. The summed E-state index contributed by atoms with van der Waals surface area (Å²) in [4.78, 5) is 25.6. The van der Waals surface area contributed by atoms with Crippen LogP contribution in [0.15, 0.2) is 41.8 Å². The van der Waals surface area contributed by atoms with Crippen LogP contribution in [0.5, 0.6) is 5.75 Å². The van der Waals surface area contributed by atoms with Crippen LogP contribution in [-0.2, 0) is 0 Å². The number of nitrogens with one attached hydrogen (secondary N) is 2. The number of carbonyl (C=O) groups excluding carboxylic acids is 2. The average molecular weight is 439 g/mol. The van der Waals surface area contributed by atoms with Gasteiger partial charge < -0.3 is 15.7 Å². The molecule has 1 aromatic carbocycles. The fourth-order valence-electron chi connectivity index (χ4n) is 3.94. The van der Waals surface area contributed by atoms with Gasteiger partial charge in [0.1, 0.15) is 5.75 Å². The van der Waals surface area contributed by atoms with Crippen molar-refractivity contribution >= 4 is 29.0 Å². The summed E-state index contributed by atoms with van der Waals surface area (Å²) in [6, 6.07) is 10.1. The lowest BCUT2D eigenvalue weighted by Crippen LogP contribution is -2.35. The zero-order valence-electron chi connectivity index (χ0n) is 17.6. The number of aromatic hydroxyl groups is 1. The van der Waals surface area contributed by atoms with E-state index in [-0.39, 0.29) is 29.6 Å². The van der Waals surface area contributed by atoms with Crippen molar-refractivity contribution in [1.29, 1.82) is 0 Å². The molecule has 1 aliphatic carbocycles. The van der Waals surface area contributed by atoms with E-state index in [1.165, 1.54) is 22.1 Å². The molecule has 0 spiro atoms. The Balaban J connectivity index is 1.62. The number of benzene rings is 1. The molecule has 1 saturated carbocycles. The maximum atomic E-state index is 12.7. The second-order valence-corrected chi connectivity index (χ2v) is 9.06. The predicted octanol–water partition coefficient (Wildman–Crippen LogP) is 5.19. The van der Waals surface area contributed by atoms with Gasteiger partial charge in [0.15, 0.2) is 0 Å². The number of rotatable bonds is 5. The molecule has 162 valence electrons. The third kappa shape index (κ3) is 4.64. The predicted molar refractivity (Wildman–Crippen MR) is 122 cm³/mol. The zero-order chi connectivity index (χ0) is 22.0. The van der Waals surface area contributed by atoms with Crippen LogP contribution in [-0.4, -0.2) is 32.9 Å². The van der Waals surface area contributed by atoms with Gasteiger partial charge in [-0.15, -0.1) is 11.3 Å². The number of anilines is 1. The van der Waals surface area contributed by atoms with E-state index >= 15 is 0 Å². The molecule has 1 fully saturated rings. The van der Waals surface area contributed by atoms with Crippen LogP contribution in [0.25, 0.3) is 11.3 Å². The minimum absolute atomic E-state index is 0.00350. The van der Waals surface area contributed by atoms with Gasteiger partial charge in [-0.2, -0.15) is 9.78 Å². The van der Waals surface area contributed by atoms with Crippen LogP contribution in [0.4, 0.5) is 10.5 Å². The normalized spacial score (nSPS) is 14.2. The van der Waals surface area contributed by atoms with E-state index in [0.29, 0.717) is 21.8 Å². The molecule has 3 aromatic rings. The van der Waals surface area contributed by atoms with Crippen molar-refractivity contribution < 1.29 is 14.7 Å². The van der Waals surface area contributed by atoms with E-state index in [1.54, 1.807) is 18.2 Å². The summed E-state index contributed by atoms with van der Waals surface area (Å²) in [5, 5.41) is 22.7. The monoisotopic (exact) mass is 438 g/mol. The first-order valence-electron chi connectivity index (χ1n) is 10.5. The summed E-state index contributed by atoms with van der Waals surface area (Å²) >= 11 is 1.35. The van der Waals surface area contributed by atoms with Crippen molar-refractivity contribution in [2.24, 2.45) is 0 Å². The molecular formula is C23H26N4O3S. The van der Waals surface area contributed by atoms with Crippen molar-refractivity contribution in [3.63, 3.8) is 0 Å². The highest BCUT2D eigenvalue weighted by Crippen LogP contribution is 2.38. The molecule has 1 aliphatic rings. The van der Waals surface area contributed by atoms with Crippen LogP contribution in [0, 0.1) is 0 Å². The Kier molecular flexibility index (Phi) is 6.08. The highest BCUT2D eigenvalue weighted by Gasteiger charge is 2.26. The Labute approximate surface area is 185 Å². The van der Waals surface area contributed by atoms with E-state index < -0.39 is 0 Å².